The summed E-state index contributed by atoms with van der Waals surface area (Å²) < 4.78 is 5.67. The smallest absolute Gasteiger partial charge is 0.288 e. The van der Waals surface area contributed by atoms with Crippen molar-refractivity contribution in [3.63, 3.8) is 0 Å². The number of hydrogen-bond acceptors (Lipinski definition) is 4. The molecule has 5 nitrogen and oxygen atoms in total. The Morgan fingerprint density at radius 3 is 2.57 bits per heavy atom. The molecule has 1 aromatic heterocycles. The summed E-state index contributed by atoms with van der Waals surface area (Å²) in [5, 5.41) is 12.6. The number of phenols is 1. The molecule has 0 fully saturated rings. The van der Waals surface area contributed by atoms with Crippen LogP contribution in [0.25, 0.3) is 11.0 Å². The lowest BCUT2D eigenvalue weighted by Crippen LogP contribution is -2.21. The van der Waals surface area contributed by atoms with Gasteiger partial charge in [-0.1, -0.05) is 23.8 Å². The van der Waals surface area contributed by atoms with Gasteiger partial charge in [-0.05, 0) is 36.8 Å². The summed E-state index contributed by atoms with van der Waals surface area (Å²) in [5.41, 5.74) is 2.18. The predicted molar refractivity (Wildman–Crippen MR) is 84.6 cm³/mol. The van der Waals surface area contributed by atoms with Crippen LogP contribution >= 0.6 is 0 Å². The summed E-state index contributed by atoms with van der Waals surface area (Å²) in [6.07, 6.45) is 0. The van der Waals surface area contributed by atoms with E-state index in [0.29, 0.717) is 22.1 Å². The first-order chi connectivity index (χ1) is 11.0. The van der Waals surface area contributed by atoms with Gasteiger partial charge in [-0.2, -0.15) is 0 Å². The van der Waals surface area contributed by atoms with Crippen LogP contribution in [0.5, 0.6) is 5.75 Å². The zero-order valence-electron chi connectivity index (χ0n) is 12.3. The van der Waals surface area contributed by atoms with Crippen molar-refractivity contribution in [3.05, 3.63) is 75.1 Å². The molecule has 2 aromatic carbocycles. The second-order valence-corrected chi connectivity index (χ2v) is 5.67. The highest BCUT2D eigenvalue weighted by molar-refractivity contribution is 5.99. The molecule has 5 heteroatoms. The number of carbonyl (C=O) groups excluding carboxylic acids is 1. The molecule has 4 rings (SSSR count). The van der Waals surface area contributed by atoms with E-state index >= 15 is 0 Å². The predicted octanol–water partition coefficient (Wildman–Crippen LogP) is 2.64. The fourth-order valence-corrected chi connectivity index (χ4v) is 2.94. The maximum Gasteiger partial charge on any atom is 0.288 e. The molecule has 1 atom stereocenters. The minimum absolute atomic E-state index is 0.0597. The van der Waals surface area contributed by atoms with E-state index in [0.717, 1.165) is 5.56 Å². The van der Waals surface area contributed by atoms with Crippen LogP contribution in [0.2, 0.25) is 0 Å². The number of nitrogens with one attached hydrogen (secondary N) is 1. The lowest BCUT2D eigenvalue weighted by Gasteiger charge is -2.11. The highest BCUT2D eigenvalue weighted by Gasteiger charge is 2.35. The van der Waals surface area contributed by atoms with E-state index in [2.05, 4.69) is 5.32 Å². The van der Waals surface area contributed by atoms with Gasteiger partial charge in [-0.25, -0.2) is 0 Å². The molecular formula is C18H13NO4. The number of fused-ring (bicyclic) bond motifs is 2. The standard InChI is InChI=1S/C18H13NO4/c1-9-2-7-13-12(8-9)16(21)14-15(19-18(22)17(14)23-13)10-3-5-11(20)6-4-10/h2-8,15,20H,1H3,(H,19,22)/t15-/m0/s1. The van der Waals surface area contributed by atoms with Crippen molar-refractivity contribution in [2.24, 2.45) is 0 Å². The fourth-order valence-electron chi connectivity index (χ4n) is 2.94. The third-order valence-corrected chi connectivity index (χ3v) is 4.08. The Labute approximate surface area is 131 Å². The van der Waals surface area contributed by atoms with Gasteiger partial charge in [-0.3, -0.25) is 9.59 Å². The van der Waals surface area contributed by atoms with Crippen molar-refractivity contribution in [2.45, 2.75) is 13.0 Å². The second kappa shape index (κ2) is 4.71. The van der Waals surface area contributed by atoms with Gasteiger partial charge in [0, 0.05) is 0 Å². The van der Waals surface area contributed by atoms with E-state index < -0.39 is 11.9 Å². The quantitative estimate of drug-likeness (QED) is 0.724. The largest absolute Gasteiger partial charge is 0.508 e. The lowest BCUT2D eigenvalue weighted by molar-refractivity contribution is 0.0938. The molecule has 1 aliphatic heterocycles. The summed E-state index contributed by atoms with van der Waals surface area (Å²) in [5.74, 6) is -0.221. The zero-order valence-corrected chi connectivity index (χ0v) is 12.3. The number of benzene rings is 2. The molecule has 0 aliphatic carbocycles. The first-order valence-corrected chi connectivity index (χ1v) is 7.22. The molecule has 3 aromatic rings. The molecule has 0 saturated carbocycles. The zero-order chi connectivity index (χ0) is 16.1. The summed E-state index contributed by atoms with van der Waals surface area (Å²) in [4.78, 5) is 25.1. The van der Waals surface area contributed by atoms with Gasteiger partial charge in [0.25, 0.3) is 5.91 Å². The van der Waals surface area contributed by atoms with Crippen LogP contribution in [-0.2, 0) is 0 Å². The van der Waals surface area contributed by atoms with Gasteiger partial charge >= 0.3 is 0 Å². The number of aryl methyl sites for hydroxylation is 1. The SMILES string of the molecule is Cc1ccc2oc3c(c(=O)c2c1)[C@H](c1ccc(O)cc1)NC3=O. The highest BCUT2D eigenvalue weighted by Crippen LogP contribution is 2.31. The highest BCUT2D eigenvalue weighted by atomic mass is 16.3. The molecule has 2 heterocycles. The van der Waals surface area contributed by atoms with Crippen molar-refractivity contribution in [3.8, 4) is 5.75 Å². The Morgan fingerprint density at radius 2 is 1.83 bits per heavy atom. The van der Waals surface area contributed by atoms with Crippen LogP contribution in [-0.4, -0.2) is 11.0 Å². The van der Waals surface area contributed by atoms with Crippen LogP contribution in [0.15, 0.2) is 51.7 Å². The second-order valence-electron chi connectivity index (χ2n) is 5.67. The van der Waals surface area contributed by atoms with Gasteiger partial charge in [0.1, 0.15) is 11.3 Å². The van der Waals surface area contributed by atoms with Crippen LogP contribution in [0.3, 0.4) is 0 Å². The van der Waals surface area contributed by atoms with Gasteiger partial charge in [-0.15, -0.1) is 0 Å². The molecule has 0 bridgehead atoms. The lowest BCUT2D eigenvalue weighted by atomic mass is 9.99. The van der Waals surface area contributed by atoms with Crippen molar-refractivity contribution < 1.29 is 14.3 Å². The van der Waals surface area contributed by atoms with Crippen LogP contribution in [0.1, 0.15) is 33.3 Å². The van der Waals surface area contributed by atoms with E-state index in [1.54, 1.807) is 24.3 Å². The number of rotatable bonds is 1. The van der Waals surface area contributed by atoms with E-state index in [9.17, 15) is 14.7 Å². The third-order valence-electron chi connectivity index (χ3n) is 4.08. The molecule has 0 saturated heterocycles. The first kappa shape index (κ1) is 13.6. The van der Waals surface area contributed by atoms with E-state index in [1.807, 2.05) is 13.0 Å². The molecule has 23 heavy (non-hydrogen) atoms. The van der Waals surface area contributed by atoms with Crippen LogP contribution in [0.4, 0.5) is 0 Å². The topological polar surface area (TPSA) is 79.5 Å². The molecule has 2 N–H and O–H groups in total. The van der Waals surface area contributed by atoms with Gasteiger partial charge < -0.3 is 14.8 Å². The molecule has 1 amide bonds. The number of carbonyl (C=O) groups is 1. The molecule has 0 spiro atoms. The number of aromatic hydroxyl groups is 1. The minimum atomic E-state index is -0.570. The van der Waals surface area contributed by atoms with E-state index in [4.69, 9.17) is 4.42 Å². The normalized spacial score (nSPS) is 16.4. The van der Waals surface area contributed by atoms with E-state index in [-0.39, 0.29) is 16.9 Å². The van der Waals surface area contributed by atoms with Crippen molar-refractivity contribution in [1.82, 2.24) is 5.32 Å². The maximum absolute atomic E-state index is 12.9. The van der Waals surface area contributed by atoms with Gasteiger partial charge in [0.05, 0.1) is 17.0 Å². The molecule has 114 valence electrons. The van der Waals surface area contributed by atoms with Crippen molar-refractivity contribution in [1.29, 1.82) is 0 Å². The van der Waals surface area contributed by atoms with E-state index in [1.165, 1.54) is 12.1 Å². The summed E-state index contributed by atoms with van der Waals surface area (Å²) in [7, 11) is 0. The fraction of sp³-hybridized carbons (Fsp3) is 0.111. The number of phenolic OH excluding ortho intramolecular Hbond substituents is 1. The Balaban J connectivity index is 1.99. The Kier molecular flexibility index (Phi) is 2.78. The summed E-state index contributed by atoms with van der Waals surface area (Å²) >= 11 is 0. The van der Waals surface area contributed by atoms with Crippen molar-refractivity contribution >= 4 is 16.9 Å². The van der Waals surface area contributed by atoms with Crippen LogP contribution in [0, 0.1) is 6.92 Å². The minimum Gasteiger partial charge on any atom is -0.508 e. The molecule has 0 radical (unpaired) electrons. The average Bonchev–Trinajstić information content (AvgIpc) is 2.86. The van der Waals surface area contributed by atoms with Crippen molar-refractivity contribution in [2.75, 3.05) is 0 Å². The first-order valence-electron chi connectivity index (χ1n) is 7.22. The number of hydrogen-bond donors (Lipinski definition) is 2. The molecular weight excluding hydrogens is 294 g/mol. The third kappa shape index (κ3) is 2.01. The number of amides is 1. The average molecular weight is 307 g/mol. The Bertz CT molecular complexity index is 1000. The van der Waals surface area contributed by atoms with Gasteiger partial charge in [0.2, 0.25) is 5.76 Å². The molecule has 1 aliphatic rings. The van der Waals surface area contributed by atoms with Crippen LogP contribution < -0.4 is 10.7 Å². The Morgan fingerprint density at radius 1 is 1.09 bits per heavy atom. The maximum atomic E-state index is 12.9. The Hall–Kier alpha value is -3.08. The monoisotopic (exact) mass is 307 g/mol. The van der Waals surface area contributed by atoms with Gasteiger partial charge in [0.15, 0.2) is 5.43 Å². The summed E-state index contributed by atoms with van der Waals surface area (Å²) in [6.45, 7) is 1.90. The molecule has 0 unspecified atom stereocenters. The summed E-state index contributed by atoms with van der Waals surface area (Å²) in [6, 6.07) is 11.1.